The van der Waals surface area contributed by atoms with Crippen LogP contribution in [0, 0.1) is 0 Å². The lowest BCUT2D eigenvalue weighted by Crippen LogP contribution is -2.23. The topological polar surface area (TPSA) is 37.8 Å². The van der Waals surface area contributed by atoms with E-state index in [2.05, 4.69) is 15.3 Å². The molecule has 0 unspecified atom stereocenters. The van der Waals surface area contributed by atoms with E-state index < -0.39 is 0 Å². The monoisotopic (exact) mass is 239 g/mol. The van der Waals surface area contributed by atoms with Crippen molar-refractivity contribution in [2.24, 2.45) is 0 Å². The highest BCUT2D eigenvalue weighted by molar-refractivity contribution is 6.29. The SMILES string of the molecule is CCc1nc(Cl)cc(NC2CCCCC2)n1. The zero-order valence-corrected chi connectivity index (χ0v) is 10.4. The minimum absolute atomic E-state index is 0.533. The minimum Gasteiger partial charge on any atom is -0.367 e. The number of nitrogens with one attached hydrogen (secondary N) is 1. The molecule has 1 N–H and O–H groups in total. The van der Waals surface area contributed by atoms with Crippen LogP contribution in [-0.4, -0.2) is 16.0 Å². The summed E-state index contributed by atoms with van der Waals surface area (Å²) >= 11 is 5.96. The number of rotatable bonds is 3. The molecule has 1 aliphatic rings. The van der Waals surface area contributed by atoms with Gasteiger partial charge >= 0.3 is 0 Å². The molecule has 1 aromatic rings. The van der Waals surface area contributed by atoms with Gasteiger partial charge in [-0.1, -0.05) is 37.8 Å². The molecular formula is C12H18ClN3. The first-order valence-corrected chi connectivity index (χ1v) is 6.45. The molecule has 0 bridgehead atoms. The second-order valence-corrected chi connectivity index (χ2v) is 4.71. The predicted octanol–water partition coefficient (Wildman–Crippen LogP) is 3.44. The summed E-state index contributed by atoms with van der Waals surface area (Å²) in [7, 11) is 0. The van der Waals surface area contributed by atoms with Gasteiger partial charge in [0.15, 0.2) is 0 Å². The van der Waals surface area contributed by atoms with E-state index in [4.69, 9.17) is 11.6 Å². The van der Waals surface area contributed by atoms with Gasteiger partial charge in [-0.2, -0.15) is 0 Å². The lowest BCUT2D eigenvalue weighted by molar-refractivity contribution is 0.461. The maximum absolute atomic E-state index is 5.96. The molecule has 0 amide bonds. The Morgan fingerprint density at radius 2 is 2.06 bits per heavy atom. The Kier molecular flexibility index (Phi) is 3.99. The molecule has 88 valence electrons. The molecule has 2 rings (SSSR count). The Morgan fingerprint density at radius 1 is 1.31 bits per heavy atom. The van der Waals surface area contributed by atoms with Crippen LogP contribution in [0.25, 0.3) is 0 Å². The van der Waals surface area contributed by atoms with Gasteiger partial charge in [0.2, 0.25) is 0 Å². The Hall–Kier alpha value is -0.830. The Bertz CT molecular complexity index is 348. The van der Waals surface area contributed by atoms with Gasteiger partial charge in [-0.3, -0.25) is 0 Å². The molecule has 1 aliphatic carbocycles. The maximum Gasteiger partial charge on any atom is 0.134 e. The average molecular weight is 240 g/mol. The van der Waals surface area contributed by atoms with Crippen molar-refractivity contribution in [1.29, 1.82) is 0 Å². The van der Waals surface area contributed by atoms with Crippen LogP contribution in [0.15, 0.2) is 6.07 Å². The molecule has 1 heterocycles. The zero-order valence-electron chi connectivity index (χ0n) is 9.67. The molecule has 3 nitrogen and oxygen atoms in total. The highest BCUT2D eigenvalue weighted by Gasteiger charge is 2.14. The number of aromatic nitrogens is 2. The summed E-state index contributed by atoms with van der Waals surface area (Å²) in [6.07, 6.45) is 7.29. The van der Waals surface area contributed by atoms with E-state index >= 15 is 0 Å². The molecule has 1 saturated carbocycles. The average Bonchev–Trinajstić information content (AvgIpc) is 2.29. The summed E-state index contributed by atoms with van der Waals surface area (Å²) in [6, 6.07) is 2.37. The van der Waals surface area contributed by atoms with Crippen LogP contribution in [0.2, 0.25) is 5.15 Å². The normalized spacial score (nSPS) is 17.4. The third-order valence-corrected chi connectivity index (χ3v) is 3.21. The Labute approximate surface area is 102 Å². The van der Waals surface area contributed by atoms with E-state index in [1.165, 1.54) is 32.1 Å². The van der Waals surface area contributed by atoms with Gasteiger partial charge in [0.1, 0.15) is 16.8 Å². The summed E-state index contributed by atoms with van der Waals surface area (Å²) in [5.41, 5.74) is 0. The van der Waals surface area contributed by atoms with Crippen molar-refractivity contribution in [3.8, 4) is 0 Å². The van der Waals surface area contributed by atoms with Crippen molar-refractivity contribution < 1.29 is 0 Å². The van der Waals surface area contributed by atoms with E-state index in [0.29, 0.717) is 11.2 Å². The van der Waals surface area contributed by atoms with E-state index in [1.54, 1.807) is 0 Å². The van der Waals surface area contributed by atoms with E-state index in [9.17, 15) is 0 Å². The van der Waals surface area contributed by atoms with Crippen LogP contribution in [0.4, 0.5) is 5.82 Å². The fraction of sp³-hybridized carbons (Fsp3) is 0.667. The first kappa shape index (κ1) is 11.6. The zero-order chi connectivity index (χ0) is 11.4. The molecule has 0 atom stereocenters. The van der Waals surface area contributed by atoms with Crippen molar-refractivity contribution in [1.82, 2.24) is 9.97 Å². The lowest BCUT2D eigenvalue weighted by atomic mass is 9.95. The number of anilines is 1. The smallest absolute Gasteiger partial charge is 0.134 e. The van der Waals surface area contributed by atoms with Crippen LogP contribution in [-0.2, 0) is 6.42 Å². The van der Waals surface area contributed by atoms with Gasteiger partial charge in [0, 0.05) is 18.5 Å². The van der Waals surface area contributed by atoms with E-state index in [-0.39, 0.29) is 0 Å². The highest BCUT2D eigenvalue weighted by atomic mass is 35.5. The van der Waals surface area contributed by atoms with Crippen molar-refractivity contribution in [2.75, 3.05) is 5.32 Å². The number of halogens is 1. The van der Waals surface area contributed by atoms with Crippen LogP contribution in [0.5, 0.6) is 0 Å². The first-order chi connectivity index (χ1) is 7.78. The van der Waals surface area contributed by atoms with Crippen molar-refractivity contribution in [3.63, 3.8) is 0 Å². The van der Waals surface area contributed by atoms with Gasteiger partial charge in [0.05, 0.1) is 0 Å². The van der Waals surface area contributed by atoms with Crippen molar-refractivity contribution in [3.05, 3.63) is 17.0 Å². The number of hydrogen-bond acceptors (Lipinski definition) is 3. The Balaban J connectivity index is 2.04. The first-order valence-electron chi connectivity index (χ1n) is 6.08. The van der Waals surface area contributed by atoms with Crippen LogP contribution >= 0.6 is 11.6 Å². The molecule has 0 saturated heterocycles. The molecule has 16 heavy (non-hydrogen) atoms. The van der Waals surface area contributed by atoms with E-state index in [1.807, 2.05) is 13.0 Å². The summed E-state index contributed by atoms with van der Waals surface area (Å²) in [5.74, 6) is 1.69. The molecule has 1 fully saturated rings. The van der Waals surface area contributed by atoms with Crippen LogP contribution < -0.4 is 5.32 Å². The summed E-state index contributed by atoms with van der Waals surface area (Å²) in [5, 5.41) is 3.99. The third kappa shape index (κ3) is 3.08. The van der Waals surface area contributed by atoms with Gasteiger partial charge in [-0.05, 0) is 12.8 Å². The largest absolute Gasteiger partial charge is 0.367 e. The number of nitrogens with zero attached hydrogens (tertiary/aromatic N) is 2. The van der Waals surface area contributed by atoms with Crippen LogP contribution in [0.3, 0.4) is 0 Å². The second kappa shape index (κ2) is 5.48. The number of aryl methyl sites for hydroxylation is 1. The molecular weight excluding hydrogens is 222 g/mol. The summed E-state index contributed by atoms with van der Waals surface area (Å²) in [6.45, 7) is 2.04. The molecule has 0 aromatic carbocycles. The molecule has 0 radical (unpaired) electrons. The third-order valence-electron chi connectivity index (χ3n) is 3.01. The second-order valence-electron chi connectivity index (χ2n) is 4.32. The van der Waals surface area contributed by atoms with Crippen molar-refractivity contribution >= 4 is 17.4 Å². The summed E-state index contributed by atoms with van der Waals surface area (Å²) in [4.78, 5) is 8.60. The van der Waals surface area contributed by atoms with Crippen molar-refractivity contribution in [2.45, 2.75) is 51.5 Å². The fourth-order valence-electron chi connectivity index (χ4n) is 2.15. The molecule has 0 spiro atoms. The standard InChI is InChI=1S/C12H18ClN3/c1-2-11-15-10(13)8-12(16-11)14-9-6-4-3-5-7-9/h8-9H,2-7H2,1H3,(H,14,15,16). The van der Waals surface area contributed by atoms with E-state index in [0.717, 1.165) is 18.1 Å². The predicted molar refractivity (Wildman–Crippen MR) is 66.9 cm³/mol. The fourth-order valence-corrected chi connectivity index (χ4v) is 2.35. The maximum atomic E-state index is 5.96. The van der Waals surface area contributed by atoms with Gasteiger partial charge < -0.3 is 5.32 Å². The van der Waals surface area contributed by atoms with Crippen LogP contribution in [0.1, 0.15) is 44.9 Å². The lowest BCUT2D eigenvalue weighted by Gasteiger charge is -2.23. The van der Waals surface area contributed by atoms with Gasteiger partial charge in [-0.25, -0.2) is 9.97 Å². The summed E-state index contributed by atoms with van der Waals surface area (Å²) < 4.78 is 0. The molecule has 0 aliphatic heterocycles. The minimum atomic E-state index is 0.533. The molecule has 4 heteroatoms. The Morgan fingerprint density at radius 3 is 2.75 bits per heavy atom. The van der Waals surface area contributed by atoms with Gasteiger partial charge in [-0.15, -0.1) is 0 Å². The number of hydrogen-bond donors (Lipinski definition) is 1. The van der Waals surface area contributed by atoms with Gasteiger partial charge in [0.25, 0.3) is 0 Å². The quantitative estimate of drug-likeness (QED) is 0.822. The molecule has 1 aromatic heterocycles. The highest BCUT2D eigenvalue weighted by Crippen LogP contribution is 2.21.